The van der Waals surface area contributed by atoms with Crippen molar-refractivity contribution in [3.8, 4) is 5.75 Å². The van der Waals surface area contributed by atoms with Gasteiger partial charge in [-0.1, -0.05) is 38.8 Å². The zero-order chi connectivity index (χ0) is 13.9. The van der Waals surface area contributed by atoms with E-state index in [0.717, 1.165) is 34.8 Å². The van der Waals surface area contributed by atoms with E-state index < -0.39 is 0 Å². The first kappa shape index (κ1) is 14.9. The Labute approximate surface area is 130 Å². The Kier molecular flexibility index (Phi) is 4.90. The minimum atomic E-state index is -0.243. The third-order valence-corrected chi connectivity index (χ3v) is 5.67. The van der Waals surface area contributed by atoms with Gasteiger partial charge in [0.05, 0.1) is 12.1 Å². The smallest absolute Gasteiger partial charge is 0.251 e. The molecule has 0 fully saturated rings. The summed E-state index contributed by atoms with van der Waals surface area (Å²) in [5.74, 6) is 0.870. The van der Waals surface area contributed by atoms with Gasteiger partial charge >= 0.3 is 0 Å². The molecule has 104 valence electrons. The SMILES string of the molecule is CCC(CBr)(CBr)NC(=O)c1ccc2c(c1)CCO2. The van der Waals surface area contributed by atoms with Gasteiger partial charge in [-0.2, -0.15) is 0 Å². The van der Waals surface area contributed by atoms with Crippen molar-refractivity contribution in [1.82, 2.24) is 5.32 Å². The zero-order valence-corrected chi connectivity index (χ0v) is 14.0. The highest BCUT2D eigenvalue weighted by Gasteiger charge is 2.28. The fraction of sp³-hybridized carbons (Fsp3) is 0.500. The van der Waals surface area contributed by atoms with Gasteiger partial charge in [0.2, 0.25) is 0 Å². The normalized spacial score (nSPS) is 13.8. The van der Waals surface area contributed by atoms with E-state index in [1.54, 1.807) is 0 Å². The summed E-state index contributed by atoms with van der Waals surface area (Å²) in [6.45, 7) is 2.78. The first-order valence-corrected chi connectivity index (χ1v) is 8.58. The summed E-state index contributed by atoms with van der Waals surface area (Å²) in [5.41, 5.74) is 1.57. The quantitative estimate of drug-likeness (QED) is 0.783. The summed E-state index contributed by atoms with van der Waals surface area (Å²) in [6, 6.07) is 5.63. The van der Waals surface area contributed by atoms with Gasteiger partial charge in [0.25, 0.3) is 5.91 Å². The fourth-order valence-electron chi connectivity index (χ4n) is 2.02. The lowest BCUT2D eigenvalue weighted by Gasteiger charge is -2.30. The molecule has 1 aromatic rings. The van der Waals surface area contributed by atoms with Crippen LogP contribution < -0.4 is 10.1 Å². The van der Waals surface area contributed by atoms with E-state index in [1.165, 1.54) is 0 Å². The van der Waals surface area contributed by atoms with Crippen LogP contribution in [0.3, 0.4) is 0 Å². The third-order valence-electron chi connectivity index (χ3n) is 3.52. The topological polar surface area (TPSA) is 38.3 Å². The predicted octanol–water partition coefficient (Wildman–Crippen LogP) is 3.29. The minimum Gasteiger partial charge on any atom is -0.493 e. The Morgan fingerprint density at radius 2 is 2.16 bits per heavy atom. The second-order valence-electron chi connectivity index (χ2n) is 4.78. The highest BCUT2D eigenvalue weighted by atomic mass is 79.9. The number of hydrogen-bond donors (Lipinski definition) is 1. The van der Waals surface area contributed by atoms with Crippen LogP contribution in [0.25, 0.3) is 0 Å². The molecule has 1 aromatic carbocycles. The molecule has 0 spiro atoms. The van der Waals surface area contributed by atoms with Crippen LogP contribution in [0.5, 0.6) is 5.75 Å². The van der Waals surface area contributed by atoms with Crippen molar-refractivity contribution >= 4 is 37.8 Å². The summed E-state index contributed by atoms with van der Waals surface area (Å²) < 4.78 is 5.45. The largest absolute Gasteiger partial charge is 0.493 e. The number of carbonyl (C=O) groups is 1. The summed E-state index contributed by atoms with van der Waals surface area (Å²) in [4.78, 5) is 12.3. The van der Waals surface area contributed by atoms with Crippen LogP contribution in [-0.4, -0.2) is 28.7 Å². The van der Waals surface area contributed by atoms with Crippen molar-refractivity contribution in [2.45, 2.75) is 25.3 Å². The zero-order valence-electron chi connectivity index (χ0n) is 10.8. The van der Waals surface area contributed by atoms with Crippen LogP contribution in [0.1, 0.15) is 29.3 Å². The van der Waals surface area contributed by atoms with Gasteiger partial charge in [-0.05, 0) is 30.2 Å². The lowest BCUT2D eigenvalue weighted by Crippen LogP contribution is -2.51. The van der Waals surface area contributed by atoms with Crippen molar-refractivity contribution < 1.29 is 9.53 Å². The van der Waals surface area contributed by atoms with Crippen molar-refractivity contribution in [3.05, 3.63) is 29.3 Å². The number of benzene rings is 1. The molecule has 1 aliphatic heterocycles. The second-order valence-corrected chi connectivity index (χ2v) is 5.90. The van der Waals surface area contributed by atoms with Gasteiger partial charge in [-0.15, -0.1) is 0 Å². The van der Waals surface area contributed by atoms with E-state index in [0.29, 0.717) is 12.2 Å². The number of rotatable bonds is 5. The Morgan fingerprint density at radius 1 is 1.42 bits per heavy atom. The second kappa shape index (κ2) is 6.27. The van der Waals surface area contributed by atoms with Crippen LogP contribution in [-0.2, 0) is 6.42 Å². The molecule has 3 nitrogen and oxygen atoms in total. The standard InChI is InChI=1S/C14H17Br2NO2/c1-2-14(8-15,9-16)17-13(18)11-3-4-12-10(7-11)5-6-19-12/h3-4,7H,2,5-6,8-9H2,1H3,(H,17,18). The molecule has 0 atom stereocenters. The van der Waals surface area contributed by atoms with E-state index in [1.807, 2.05) is 18.2 Å². The number of nitrogens with one attached hydrogen (secondary N) is 1. The maximum absolute atomic E-state index is 12.3. The van der Waals surface area contributed by atoms with Crippen LogP contribution in [0.4, 0.5) is 0 Å². The maximum atomic E-state index is 12.3. The molecule has 0 aromatic heterocycles. The number of fused-ring (bicyclic) bond motifs is 1. The fourth-order valence-corrected chi connectivity index (χ4v) is 4.02. The molecule has 19 heavy (non-hydrogen) atoms. The molecule has 5 heteroatoms. The van der Waals surface area contributed by atoms with Gasteiger partial charge in [0.15, 0.2) is 0 Å². The Morgan fingerprint density at radius 3 is 2.79 bits per heavy atom. The van der Waals surface area contributed by atoms with Crippen molar-refractivity contribution in [3.63, 3.8) is 0 Å². The first-order chi connectivity index (χ1) is 9.14. The van der Waals surface area contributed by atoms with Crippen molar-refractivity contribution in [2.24, 2.45) is 0 Å². The van der Waals surface area contributed by atoms with Gasteiger partial charge in [0, 0.05) is 22.6 Å². The molecule has 0 saturated heterocycles. The van der Waals surface area contributed by atoms with Gasteiger partial charge < -0.3 is 10.1 Å². The third kappa shape index (κ3) is 3.14. The Balaban J connectivity index is 2.16. The van der Waals surface area contributed by atoms with Gasteiger partial charge in [0.1, 0.15) is 5.75 Å². The predicted molar refractivity (Wildman–Crippen MR) is 83.7 cm³/mol. The first-order valence-electron chi connectivity index (χ1n) is 6.34. The van der Waals surface area contributed by atoms with E-state index in [9.17, 15) is 4.79 Å². The molecule has 1 aliphatic rings. The van der Waals surface area contributed by atoms with E-state index in [4.69, 9.17) is 4.74 Å². The van der Waals surface area contributed by atoms with Crippen LogP contribution in [0, 0.1) is 0 Å². The highest BCUT2D eigenvalue weighted by Crippen LogP contribution is 2.26. The average molecular weight is 391 g/mol. The molecule has 1 heterocycles. The number of halogens is 2. The maximum Gasteiger partial charge on any atom is 0.251 e. The van der Waals surface area contributed by atoms with Crippen LogP contribution in [0.15, 0.2) is 18.2 Å². The van der Waals surface area contributed by atoms with Gasteiger partial charge in [-0.25, -0.2) is 0 Å². The molecular formula is C14H17Br2NO2. The highest BCUT2D eigenvalue weighted by molar-refractivity contribution is 9.09. The molecule has 0 saturated carbocycles. The van der Waals surface area contributed by atoms with Crippen molar-refractivity contribution in [2.75, 3.05) is 17.3 Å². The summed E-state index contributed by atoms with van der Waals surface area (Å²) in [7, 11) is 0. The number of ether oxygens (including phenoxy) is 1. The summed E-state index contributed by atoms with van der Waals surface area (Å²) in [5, 5.41) is 4.56. The Bertz CT molecular complexity index is 464. The molecular weight excluding hydrogens is 374 g/mol. The molecule has 0 bridgehead atoms. The van der Waals surface area contributed by atoms with Crippen LogP contribution in [0.2, 0.25) is 0 Å². The van der Waals surface area contributed by atoms with Crippen molar-refractivity contribution in [1.29, 1.82) is 0 Å². The molecule has 0 aliphatic carbocycles. The van der Waals surface area contributed by atoms with E-state index in [-0.39, 0.29) is 11.4 Å². The van der Waals surface area contributed by atoms with Gasteiger partial charge in [-0.3, -0.25) is 4.79 Å². The lowest BCUT2D eigenvalue weighted by molar-refractivity contribution is 0.0915. The Hall–Kier alpha value is -0.550. The number of alkyl halides is 2. The average Bonchev–Trinajstić information content (AvgIpc) is 2.92. The summed E-state index contributed by atoms with van der Waals surface area (Å²) >= 11 is 6.96. The molecule has 1 amide bonds. The monoisotopic (exact) mass is 389 g/mol. The van der Waals surface area contributed by atoms with E-state index in [2.05, 4.69) is 44.1 Å². The molecule has 2 rings (SSSR count). The number of carbonyl (C=O) groups excluding carboxylic acids is 1. The lowest BCUT2D eigenvalue weighted by atomic mass is 10.0. The number of hydrogen-bond acceptors (Lipinski definition) is 2. The summed E-state index contributed by atoms with van der Waals surface area (Å²) in [6.07, 6.45) is 1.75. The minimum absolute atomic E-state index is 0.0320. The number of amides is 1. The molecule has 0 radical (unpaired) electrons. The molecule has 1 N–H and O–H groups in total. The van der Waals surface area contributed by atoms with E-state index >= 15 is 0 Å². The van der Waals surface area contributed by atoms with Crippen LogP contribution >= 0.6 is 31.9 Å². The molecule has 0 unspecified atom stereocenters.